The molecule has 2 fully saturated rings. The maximum Gasteiger partial charge on any atom is 0.131 e. The normalized spacial score (nSPS) is 38.8. The third kappa shape index (κ3) is 1.58. The van der Waals surface area contributed by atoms with E-state index in [1.807, 2.05) is 12.1 Å². The van der Waals surface area contributed by atoms with Crippen molar-refractivity contribution in [2.45, 2.75) is 45.6 Å². The zero-order valence-electron chi connectivity index (χ0n) is 11.9. The highest BCUT2D eigenvalue weighted by Gasteiger charge is 2.68. The molecular formula is C17H21NO. The first-order chi connectivity index (χ1) is 8.89. The van der Waals surface area contributed by atoms with Crippen molar-refractivity contribution in [2.24, 2.45) is 16.7 Å². The van der Waals surface area contributed by atoms with Gasteiger partial charge in [0, 0.05) is 23.4 Å². The summed E-state index contributed by atoms with van der Waals surface area (Å²) < 4.78 is 0. The molecule has 1 aromatic rings. The van der Waals surface area contributed by atoms with Gasteiger partial charge in [0.25, 0.3) is 0 Å². The van der Waals surface area contributed by atoms with Gasteiger partial charge in [0.2, 0.25) is 0 Å². The molecule has 0 saturated heterocycles. The molecule has 1 N–H and O–H groups in total. The molecule has 1 aromatic heterocycles. The Morgan fingerprint density at radius 3 is 2.47 bits per heavy atom. The predicted octanol–water partition coefficient (Wildman–Crippen LogP) is 3.01. The highest BCUT2D eigenvalue weighted by Crippen LogP contribution is 2.69. The molecular weight excluding hydrogens is 234 g/mol. The van der Waals surface area contributed by atoms with Crippen molar-refractivity contribution < 1.29 is 5.11 Å². The van der Waals surface area contributed by atoms with Crippen LogP contribution in [0, 0.1) is 28.6 Å². The summed E-state index contributed by atoms with van der Waals surface area (Å²) in [5.74, 6) is 6.91. The Morgan fingerprint density at radius 2 is 1.95 bits per heavy atom. The van der Waals surface area contributed by atoms with Gasteiger partial charge in [0.1, 0.15) is 5.60 Å². The summed E-state index contributed by atoms with van der Waals surface area (Å²) in [5, 5.41) is 11.0. The van der Waals surface area contributed by atoms with Crippen LogP contribution in [0.2, 0.25) is 0 Å². The Bertz CT molecular complexity index is 554. The van der Waals surface area contributed by atoms with Gasteiger partial charge in [-0.15, -0.1) is 0 Å². The summed E-state index contributed by atoms with van der Waals surface area (Å²) in [6.45, 7) is 6.79. The molecule has 2 bridgehead atoms. The highest BCUT2D eigenvalue weighted by molar-refractivity contribution is 5.38. The molecule has 2 heteroatoms. The number of hydrogen-bond acceptors (Lipinski definition) is 2. The molecule has 19 heavy (non-hydrogen) atoms. The molecule has 0 aromatic carbocycles. The fourth-order valence-electron chi connectivity index (χ4n) is 4.08. The molecule has 3 atom stereocenters. The summed E-state index contributed by atoms with van der Waals surface area (Å²) in [7, 11) is 0. The number of fused-ring (bicyclic) bond motifs is 2. The molecule has 100 valence electrons. The maximum absolute atomic E-state index is 11.0. The molecule has 0 aliphatic heterocycles. The van der Waals surface area contributed by atoms with Crippen molar-refractivity contribution in [3.8, 4) is 11.8 Å². The molecule has 2 aliphatic carbocycles. The third-order valence-corrected chi connectivity index (χ3v) is 5.98. The van der Waals surface area contributed by atoms with Crippen LogP contribution in [-0.4, -0.2) is 15.7 Å². The van der Waals surface area contributed by atoms with E-state index in [9.17, 15) is 5.11 Å². The Kier molecular flexibility index (Phi) is 2.56. The Hall–Kier alpha value is -1.33. The van der Waals surface area contributed by atoms with Gasteiger partial charge in [0.05, 0.1) is 0 Å². The van der Waals surface area contributed by atoms with E-state index in [-0.39, 0.29) is 10.8 Å². The van der Waals surface area contributed by atoms with Crippen molar-refractivity contribution in [1.82, 2.24) is 4.98 Å². The minimum atomic E-state index is -0.845. The van der Waals surface area contributed by atoms with E-state index in [2.05, 4.69) is 37.6 Å². The first-order valence-electron chi connectivity index (χ1n) is 7.05. The lowest BCUT2D eigenvalue weighted by Crippen LogP contribution is -2.46. The number of nitrogens with zero attached hydrogens (tertiary/aromatic N) is 1. The minimum absolute atomic E-state index is 0.0926. The van der Waals surface area contributed by atoms with Crippen LogP contribution < -0.4 is 0 Å². The maximum atomic E-state index is 11.0. The first-order valence-corrected chi connectivity index (χ1v) is 7.05. The van der Waals surface area contributed by atoms with E-state index in [1.165, 1.54) is 6.42 Å². The average molecular weight is 255 g/mol. The third-order valence-electron chi connectivity index (χ3n) is 5.98. The first kappa shape index (κ1) is 12.7. The fraction of sp³-hybridized carbons (Fsp3) is 0.588. The van der Waals surface area contributed by atoms with Gasteiger partial charge >= 0.3 is 0 Å². The van der Waals surface area contributed by atoms with Crippen molar-refractivity contribution in [3.63, 3.8) is 0 Å². The Labute approximate surface area is 115 Å². The van der Waals surface area contributed by atoms with E-state index >= 15 is 0 Å². The van der Waals surface area contributed by atoms with Crippen LogP contribution >= 0.6 is 0 Å². The van der Waals surface area contributed by atoms with Gasteiger partial charge in [-0.2, -0.15) is 0 Å². The minimum Gasteiger partial charge on any atom is -0.377 e. The second kappa shape index (κ2) is 3.84. The smallest absolute Gasteiger partial charge is 0.131 e. The molecule has 3 rings (SSSR count). The van der Waals surface area contributed by atoms with Gasteiger partial charge in [-0.05, 0) is 42.7 Å². The van der Waals surface area contributed by atoms with Crippen molar-refractivity contribution in [2.75, 3.05) is 0 Å². The zero-order chi connectivity index (χ0) is 13.7. The molecule has 0 unspecified atom stereocenters. The lowest BCUT2D eigenvalue weighted by atomic mass is 9.64. The molecule has 2 nitrogen and oxygen atoms in total. The molecule has 2 aliphatic rings. The summed E-state index contributed by atoms with van der Waals surface area (Å²) in [6.07, 6.45) is 6.59. The number of aromatic nitrogens is 1. The van der Waals surface area contributed by atoms with Crippen LogP contribution in [0.1, 0.15) is 45.6 Å². The Morgan fingerprint density at radius 1 is 1.26 bits per heavy atom. The lowest BCUT2D eigenvalue weighted by Gasteiger charge is -2.42. The largest absolute Gasteiger partial charge is 0.377 e. The van der Waals surface area contributed by atoms with E-state index in [0.717, 1.165) is 18.4 Å². The Balaban J connectivity index is 1.97. The van der Waals surface area contributed by atoms with Crippen LogP contribution in [0.25, 0.3) is 0 Å². The zero-order valence-corrected chi connectivity index (χ0v) is 11.9. The predicted molar refractivity (Wildman–Crippen MR) is 75.3 cm³/mol. The second-order valence-electron chi connectivity index (χ2n) is 6.84. The molecule has 0 radical (unpaired) electrons. The van der Waals surface area contributed by atoms with Crippen molar-refractivity contribution in [3.05, 3.63) is 30.1 Å². The quantitative estimate of drug-likeness (QED) is 0.723. The summed E-state index contributed by atoms with van der Waals surface area (Å²) >= 11 is 0. The van der Waals surface area contributed by atoms with E-state index in [1.54, 1.807) is 12.4 Å². The van der Waals surface area contributed by atoms with Gasteiger partial charge in [-0.3, -0.25) is 4.98 Å². The van der Waals surface area contributed by atoms with Crippen LogP contribution in [0.5, 0.6) is 0 Å². The number of pyridine rings is 1. The summed E-state index contributed by atoms with van der Waals surface area (Å²) in [4.78, 5) is 3.99. The van der Waals surface area contributed by atoms with E-state index in [0.29, 0.717) is 5.92 Å². The molecule has 1 heterocycles. The standard InChI is InChI=1S/C17H21NO/c1-15(2)14-5-8-16(15,3)17(19,12-14)9-4-13-6-10-18-11-7-13/h6-7,10-11,14,19H,5,8,12H2,1-3H3/t14-,16-,17-/m1/s1. The van der Waals surface area contributed by atoms with Gasteiger partial charge in [0.15, 0.2) is 0 Å². The van der Waals surface area contributed by atoms with Crippen LogP contribution in [-0.2, 0) is 0 Å². The SMILES string of the molecule is CC1(C)[C@@H]2CC[C@@]1(C)[C@@](O)(C#Cc1ccncc1)C2. The van der Waals surface area contributed by atoms with Crippen LogP contribution in [0.3, 0.4) is 0 Å². The van der Waals surface area contributed by atoms with Gasteiger partial charge in [-0.25, -0.2) is 0 Å². The second-order valence-corrected chi connectivity index (χ2v) is 6.84. The number of hydrogen-bond donors (Lipinski definition) is 1. The molecule has 0 amide bonds. The van der Waals surface area contributed by atoms with Crippen molar-refractivity contribution >= 4 is 0 Å². The molecule has 2 saturated carbocycles. The van der Waals surface area contributed by atoms with Crippen LogP contribution in [0.4, 0.5) is 0 Å². The van der Waals surface area contributed by atoms with Gasteiger partial charge in [-0.1, -0.05) is 32.6 Å². The van der Waals surface area contributed by atoms with Crippen molar-refractivity contribution in [1.29, 1.82) is 0 Å². The topological polar surface area (TPSA) is 33.1 Å². The molecule has 0 spiro atoms. The van der Waals surface area contributed by atoms with E-state index in [4.69, 9.17) is 0 Å². The average Bonchev–Trinajstić information content (AvgIpc) is 2.70. The fourth-order valence-corrected chi connectivity index (χ4v) is 4.08. The van der Waals surface area contributed by atoms with E-state index < -0.39 is 5.60 Å². The number of aliphatic hydroxyl groups is 1. The lowest BCUT2D eigenvalue weighted by molar-refractivity contribution is -0.0432. The highest BCUT2D eigenvalue weighted by atomic mass is 16.3. The van der Waals surface area contributed by atoms with Crippen LogP contribution in [0.15, 0.2) is 24.5 Å². The monoisotopic (exact) mass is 255 g/mol. The number of rotatable bonds is 0. The summed E-state index contributed by atoms with van der Waals surface area (Å²) in [5.41, 5.74) is 0.162. The summed E-state index contributed by atoms with van der Waals surface area (Å²) in [6, 6.07) is 3.77. The van der Waals surface area contributed by atoms with Gasteiger partial charge < -0.3 is 5.11 Å².